The molecule has 7 heteroatoms. The fraction of sp³-hybridized carbons (Fsp3) is 0.312. The molecule has 2 N–H and O–H groups in total. The third-order valence-electron chi connectivity index (χ3n) is 4.77. The number of carbonyl (C=O) groups is 3. The number of benzene rings is 1. The molecule has 3 heterocycles. The van der Waals surface area contributed by atoms with Crippen LogP contribution in [0.3, 0.4) is 0 Å². The number of aromatic carboxylic acids is 1. The summed E-state index contributed by atoms with van der Waals surface area (Å²) in [6.45, 7) is -0.369. The summed E-state index contributed by atoms with van der Waals surface area (Å²) >= 11 is 0. The highest BCUT2D eigenvalue weighted by atomic mass is 16.5. The number of carboxylic acids is 1. The number of hydrogen-bond donors (Lipinski definition) is 2. The van der Waals surface area contributed by atoms with E-state index in [0.29, 0.717) is 5.69 Å². The van der Waals surface area contributed by atoms with E-state index in [0.717, 1.165) is 4.90 Å². The van der Waals surface area contributed by atoms with E-state index in [1.54, 1.807) is 12.2 Å². The highest BCUT2D eigenvalue weighted by Crippen LogP contribution is 2.52. The van der Waals surface area contributed by atoms with Crippen LogP contribution in [0.2, 0.25) is 0 Å². The summed E-state index contributed by atoms with van der Waals surface area (Å²) < 4.78 is 5.64. The number of amides is 2. The molecule has 0 radical (unpaired) electrons. The quantitative estimate of drug-likeness (QED) is 0.609. The summed E-state index contributed by atoms with van der Waals surface area (Å²) in [5.74, 6) is -3.27. The standard InChI is InChI=1S/C16H13NO6/c18-7-16-6-5-10(23-16)11-12(16)14(20)17(13(11)19)9-3-1-8(2-4-9)15(21)22/h1-6,10-12,18H,7H2,(H,21,22)/t10-,11-,12-,16-/m0/s1. The molecule has 0 unspecified atom stereocenters. The first kappa shape index (κ1) is 14.1. The minimum absolute atomic E-state index is 0.0740. The first-order chi connectivity index (χ1) is 11.0. The van der Waals surface area contributed by atoms with Gasteiger partial charge in [0.05, 0.1) is 35.8 Å². The molecule has 3 aliphatic rings. The van der Waals surface area contributed by atoms with E-state index in [4.69, 9.17) is 9.84 Å². The zero-order chi connectivity index (χ0) is 16.4. The van der Waals surface area contributed by atoms with Gasteiger partial charge in [-0.3, -0.25) is 9.59 Å². The van der Waals surface area contributed by atoms with Crippen LogP contribution in [0.5, 0.6) is 0 Å². The Kier molecular flexibility index (Phi) is 2.76. The molecular formula is C16H13NO6. The third-order valence-corrected chi connectivity index (χ3v) is 4.77. The van der Waals surface area contributed by atoms with Gasteiger partial charge in [0.25, 0.3) is 0 Å². The number of imide groups is 1. The minimum Gasteiger partial charge on any atom is -0.478 e. The Bertz CT molecular complexity index is 754. The summed E-state index contributed by atoms with van der Waals surface area (Å²) in [5, 5.41) is 18.5. The molecule has 4 rings (SSSR count). The van der Waals surface area contributed by atoms with Crippen LogP contribution in [0.4, 0.5) is 5.69 Å². The maximum atomic E-state index is 12.7. The number of nitrogens with zero attached hydrogens (tertiary/aromatic N) is 1. The van der Waals surface area contributed by atoms with Crippen molar-refractivity contribution in [2.24, 2.45) is 11.8 Å². The van der Waals surface area contributed by atoms with E-state index in [9.17, 15) is 19.5 Å². The lowest BCUT2D eigenvalue weighted by molar-refractivity contribution is -0.128. The zero-order valence-corrected chi connectivity index (χ0v) is 11.9. The summed E-state index contributed by atoms with van der Waals surface area (Å²) in [6.07, 6.45) is 2.85. The number of carbonyl (C=O) groups excluding carboxylic acids is 2. The molecule has 3 aliphatic heterocycles. The van der Waals surface area contributed by atoms with Crippen LogP contribution in [0.1, 0.15) is 10.4 Å². The largest absolute Gasteiger partial charge is 0.478 e. The normalized spacial score (nSPS) is 34.3. The Morgan fingerprint density at radius 1 is 1.22 bits per heavy atom. The molecule has 0 spiro atoms. The van der Waals surface area contributed by atoms with Crippen LogP contribution >= 0.6 is 0 Å². The maximum Gasteiger partial charge on any atom is 0.335 e. The summed E-state index contributed by atoms with van der Waals surface area (Å²) in [5.41, 5.74) is -0.727. The molecule has 1 aromatic rings. The Balaban J connectivity index is 1.72. The van der Waals surface area contributed by atoms with Gasteiger partial charge in [-0.25, -0.2) is 9.69 Å². The second-order valence-corrected chi connectivity index (χ2v) is 5.92. The van der Waals surface area contributed by atoms with Gasteiger partial charge in [0.15, 0.2) is 0 Å². The Morgan fingerprint density at radius 3 is 2.52 bits per heavy atom. The topological polar surface area (TPSA) is 104 Å². The predicted octanol–water partition coefficient (Wildman–Crippen LogP) is 0.190. The molecule has 2 amide bonds. The van der Waals surface area contributed by atoms with Crippen molar-refractivity contribution < 1.29 is 29.3 Å². The highest BCUT2D eigenvalue weighted by Gasteiger charge is 2.67. The SMILES string of the molecule is O=C(O)c1ccc(N2C(=O)[C@H]3[C@@H]4C=C[C@@](CO)(O4)[C@@H]3C2=O)cc1. The second kappa shape index (κ2) is 4.50. The predicted molar refractivity (Wildman–Crippen MR) is 76.7 cm³/mol. The number of ether oxygens (including phenoxy) is 1. The molecule has 0 aromatic heterocycles. The second-order valence-electron chi connectivity index (χ2n) is 5.92. The smallest absolute Gasteiger partial charge is 0.335 e. The van der Waals surface area contributed by atoms with Crippen LogP contribution in [-0.2, 0) is 14.3 Å². The van der Waals surface area contributed by atoms with Crippen molar-refractivity contribution in [3.63, 3.8) is 0 Å². The fourth-order valence-electron chi connectivity index (χ4n) is 3.69. The Labute approximate surface area is 130 Å². The molecule has 0 saturated carbocycles. The van der Waals surface area contributed by atoms with Gasteiger partial charge in [0.1, 0.15) is 5.60 Å². The van der Waals surface area contributed by atoms with Gasteiger partial charge in [-0.05, 0) is 24.3 Å². The summed E-state index contributed by atoms with van der Waals surface area (Å²) in [4.78, 5) is 37.4. The minimum atomic E-state index is -1.13. The molecule has 4 atom stereocenters. The van der Waals surface area contributed by atoms with Crippen molar-refractivity contribution in [2.75, 3.05) is 11.5 Å². The average Bonchev–Trinajstić information content (AvgIpc) is 3.19. The highest BCUT2D eigenvalue weighted by molar-refractivity contribution is 6.23. The number of hydrogen-bond acceptors (Lipinski definition) is 5. The summed E-state index contributed by atoms with van der Waals surface area (Å²) in [7, 11) is 0. The van der Waals surface area contributed by atoms with Crippen molar-refractivity contribution in [3.05, 3.63) is 42.0 Å². The monoisotopic (exact) mass is 315 g/mol. The Hall–Kier alpha value is -2.51. The van der Waals surface area contributed by atoms with E-state index in [-0.39, 0.29) is 18.1 Å². The van der Waals surface area contributed by atoms with E-state index < -0.39 is 35.4 Å². The lowest BCUT2D eigenvalue weighted by Gasteiger charge is -2.26. The number of anilines is 1. The lowest BCUT2D eigenvalue weighted by atomic mass is 9.77. The van der Waals surface area contributed by atoms with Gasteiger partial charge >= 0.3 is 5.97 Å². The van der Waals surface area contributed by atoms with E-state index in [2.05, 4.69) is 0 Å². The zero-order valence-electron chi connectivity index (χ0n) is 11.9. The number of aliphatic hydroxyl groups excluding tert-OH is 1. The van der Waals surface area contributed by atoms with Crippen LogP contribution in [-0.4, -0.2) is 46.3 Å². The van der Waals surface area contributed by atoms with Gasteiger partial charge < -0.3 is 14.9 Å². The molecule has 7 nitrogen and oxygen atoms in total. The van der Waals surface area contributed by atoms with Crippen molar-refractivity contribution in [3.8, 4) is 0 Å². The van der Waals surface area contributed by atoms with Gasteiger partial charge in [-0.2, -0.15) is 0 Å². The first-order valence-corrected chi connectivity index (χ1v) is 7.18. The van der Waals surface area contributed by atoms with Crippen LogP contribution in [0, 0.1) is 11.8 Å². The average molecular weight is 315 g/mol. The summed E-state index contributed by atoms with van der Waals surface area (Å²) in [6, 6.07) is 5.55. The fourth-order valence-corrected chi connectivity index (χ4v) is 3.69. The maximum absolute atomic E-state index is 12.7. The van der Waals surface area contributed by atoms with Crippen LogP contribution in [0.25, 0.3) is 0 Å². The van der Waals surface area contributed by atoms with Crippen LogP contribution < -0.4 is 4.90 Å². The lowest BCUT2D eigenvalue weighted by Crippen LogP contribution is -2.43. The van der Waals surface area contributed by atoms with E-state index >= 15 is 0 Å². The Morgan fingerprint density at radius 2 is 1.91 bits per heavy atom. The van der Waals surface area contributed by atoms with Crippen molar-refractivity contribution >= 4 is 23.5 Å². The molecular weight excluding hydrogens is 302 g/mol. The molecule has 1 aromatic carbocycles. The van der Waals surface area contributed by atoms with Crippen molar-refractivity contribution in [1.82, 2.24) is 0 Å². The van der Waals surface area contributed by atoms with Gasteiger partial charge in [-0.1, -0.05) is 12.2 Å². The van der Waals surface area contributed by atoms with Crippen molar-refractivity contribution in [1.29, 1.82) is 0 Å². The number of fused-ring (bicyclic) bond motifs is 5. The van der Waals surface area contributed by atoms with Crippen molar-refractivity contribution in [2.45, 2.75) is 11.7 Å². The number of aliphatic hydroxyl groups is 1. The number of carboxylic acid groups (broad SMARTS) is 1. The molecule has 2 saturated heterocycles. The molecule has 2 fully saturated rings. The molecule has 2 bridgehead atoms. The van der Waals surface area contributed by atoms with Gasteiger partial charge in [0.2, 0.25) is 11.8 Å². The molecule has 0 aliphatic carbocycles. The number of rotatable bonds is 3. The van der Waals surface area contributed by atoms with E-state index in [1.165, 1.54) is 24.3 Å². The van der Waals surface area contributed by atoms with Gasteiger partial charge in [-0.15, -0.1) is 0 Å². The van der Waals surface area contributed by atoms with Gasteiger partial charge in [0, 0.05) is 0 Å². The first-order valence-electron chi connectivity index (χ1n) is 7.18. The van der Waals surface area contributed by atoms with E-state index in [1.807, 2.05) is 0 Å². The van der Waals surface area contributed by atoms with Crippen LogP contribution in [0.15, 0.2) is 36.4 Å². The molecule has 23 heavy (non-hydrogen) atoms. The molecule has 118 valence electrons. The third kappa shape index (κ3) is 1.68.